The second-order valence-corrected chi connectivity index (χ2v) is 10.2. The third-order valence-electron chi connectivity index (χ3n) is 7.69. The molecule has 5 nitrogen and oxygen atoms in total. The summed E-state index contributed by atoms with van der Waals surface area (Å²) in [6.07, 6.45) is 0. The fourth-order valence-corrected chi connectivity index (χ4v) is 5.78. The zero-order chi connectivity index (χ0) is 36.9. The summed E-state index contributed by atoms with van der Waals surface area (Å²) in [5, 5.41) is 2.25. The molecule has 0 saturated carbocycles. The van der Waals surface area contributed by atoms with Crippen molar-refractivity contribution in [1.82, 2.24) is 19.5 Å². The zero-order valence-electron chi connectivity index (χ0n) is 31.9. The molecule has 0 aliphatic rings. The molecule has 0 fully saturated rings. The first-order chi connectivity index (χ1) is 25.6. The van der Waals surface area contributed by atoms with E-state index in [4.69, 9.17) is 31.7 Å². The lowest BCUT2D eigenvalue weighted by molar-refractivity contribution is 0.669. The zero-order valence-corrected chi connectivity index (χ0v) is 22.9. The van der Waals surface area contributed by atoms with Crippen molar-refractivity contribution in [2.45, 2.75) is 0 Å². The van der Waals surface area contributed by atoms with Crippen LogP contribution in [0.4, 0.5) is 0 Å². The molecule has 0 atom stereocenters. The van der Waals surface area contributed by atoms with Gasteiger partial charge in [-0.2, -0.15) is 9.97 Å². The van der Waals surface area contributed by atoms with Crippen LogP contribution >= 0.6 is 0 Å². The van der Waals surface area contributed by atoms with Gasteiger partial charge in [-0.1, -0.05) is 127 Å². The van der Waals surface area contributed by atoms with Crippen LogP contribution in [0.1, 0.15) is 12.3 Å². The topological polar surface area (TPSA) is 56.7 Å². The Bertz CT molecular complexity index is 2990. The van der Waals surface area contributed by atoms with E-state index in [-0.39, 0.29) is 57.2 Å². The SMILES string of the molecule is [2H]c1c([2H])c([2H])c(-c2cccc3c4c([2H])c([2H])c([2H])c([2H])c4n(-c4nc(-c5ccccc5)nc(-c5cccc6c5oc5ccccc56)n4)c23)c([2H])c1[2H]. The molecule has 0 spiro atoms. The molecule has 6 aromatic carbocycles. The quantitative estimate of drug-likeness (QED) is 0.210. The molecule has 9 aromatic rings. The van der Waals surface area contributed by atoms with Gasteiger partial charge in [0.15, 0.2) is 11.6 Å². The number of hydrogen-bond donors (Lipinski definition) is 0. The molecule has 5 heteroatoms. The number of hydrogen-bond acceptors (Lipinski definition) is 4. The van der Waals surface area contributed by atoms with Crippen LogP contribution in [0.3, 0.4) is 0 Å². The summed E-state index contributed by atoms with van der Waals surface area (Å²) < 4.78 is 86.0. The Morgan fingerprint density at radius 2 is 1.23 bits per heavy atom. The monoisotopic (exact) mass is 573 g/mol. The van der Waals surface area contributed by atoms with Gasteiger partial charge in [0, 0.05) is 32.7 Å². The lowest BCUT2D eigenvalue weighted by Gasteiger charge is -2.13. The van der Waals surface area contributed by atoms with Gasteiger partial charge in [0.25, 0.3) is 0 Å². The maximum Gasteiger partial charge on any atom is 0.238 e. The molecule has 3 aromatic heterocycles. The predicted octanol–water partition coefficient (Wildman–Crippen LogP) is 9.87. The lowest BCUT2D eigenvalue weighted by Crippen LogP contribution is -2.07. The minimum Gasteiger partial charge on any atom is -0.455 e. The van der Waals surface area contributed by atoms with E-state index in [1.807, 2.05) is 72.8 Å². The maximum atomic E-state index is 9.15. The average Bonchev–Trinajstić information content (AvgIpc) is 3.75. The van der Waals surface area contributed by atoms with E-state index in [1.165, 1.54) is 4.57 Å². The Morgan fingerprint density at radius 3 is 2.11 bits per heavy atom. The van der Waals surface area contributed by atoms with Gasteiger partial charge in [0.1, 0.15) is 11.2 Å². The molecule has 0 unspecified atom stereocenters. The summed E-state index contributed by atoms with van der Waals surface area (Å²) >= 11 is 0. The number of rotatable bonds is 4. The van der Waals surface area contributed by atoms with Gasteiger partial charge in [-0.05, 0) is 23.7 Å². The molecule has 0 N–H and O–H groups in total. The highest BCUT2D eigenvalue weighted by Crippen LogP contribution is 2.39. The van der Waals surface area contributed by atoms with Crippen LogP contribution in [-0.4, -0.2) is 19.5 Å². The Hall–Kier alpha value is -6.07. The highest BCUT2D eigenvalue weighted by molar-refractivity contribution is 6.13. The fourth-order valence-electron chi connectivity index (χ4n) is 5.78. The van der Waals surface area contributed by atoms with Crippen molar-refractivity contribution in [3.63, 3.8) is 0 Å². The fraction of sp³-hybridized carbons (Fsp3) is 0. The first kappa shape index (κ1) is 17.1. The summed E-state index contributed by atoms with van der Waals surface area (Å²) in [5.74, 6) is 0.455. The second kappa shape index (κ2) is 9.75. The van der Waals surface area contributed by atoms with E-state index in [9.17, 15) is 0 Å². The van der Waals surface area contributed by atoms with Gasteiger partial charge in [-0.25, -0.2) is 4.98 Å². The van der Waals surface area contributed by atoms with Crippen molar-refractivity contribution in [2.75, 3.05) is 0 Å². The summed E-state index contributed by atoms with van der Waals surface area (Å²) in [4.78, 5) is 14.8. The molecule has 0 aliphatic carbocycles. The number of aromatic nitrogens is 4. The van der Waals surface area contributed by atoms with Gasteiger partial charge in [-0.15, -0.1) is 0 Å². The van der Waals surface area contributed by atoms with E-state index in [0.717, 1.165) is 10.8 Å². The predicted molar refractivity (Wildman–Crippen MR) is 178 cm³/mol. The second-order valence-electron chi connectivity index (χ2n) is 10.2. The molecule has 0 aliphatic heterocycles. The van der Waals surface area contributed by atoms with Crippen molar-refractivity contribution >= 4 is 43.7 Å². The smallest absolute Gasteiger partial charge is 0.238 e. The molecule has 0 saturated heterocycles. The van der Waals surface area contributed by atoms with Gasteiger partial charge in [0.2, 0.25) is 5.95 Å². The van der Waals surface area contributed by atoms with Crippen molar-refractivity contribution in [2.24, 2.45) is 0 Å². The summed E-state index contributed by atoms with van der Waals surface area (Å²) in [7, 11) is 0. The Balaban J connectivity index is 1.47. The molecule has 0 bridgehead atoms. The Labute approximate surface area is 265 Å². The van der Waals surface area contributed by atoms with Crippen LogP contribution in [-0.2, 0) is 0 Å². The van der Waals surface area contributed by atoms with E-state index < -0.39 is 42.3 Å². The lowest BCUT2D eigenvalue weighted by atomic mass is 10.0. The van der Waals surface area contributed by atoms with Crippen LogP contribution in [0.15, 0.2) is 150 Å². The highest BCUT2D eigenvalue weighted by Gasteiger charge is 2.21. The number of furan rings is 1. The maximum absolute atomic E-state index is 9.15. The molecule has 9 rings (SSSR count). The van der Waals surface area contributed by atoms with Crippen molar-refractivity contribution < 1.29 is 16.8 Å². The normalized spacial score (nSPS) is 14.5. The first-order valence-electron chi connectivity index (χ1n) is 18.4. The van der Waals surface area contributed by atoms with Crippen molar-refractivity contribution in [1.29, 1.82) is 0 Å². The van der Waals surface area contributed by atoms with E-state index in [1.54, 1.807) is 18.2 Å². The van der Waals surface area contributed by atoms with Gasteiger partial charge in [-0.3, -0.25) is 4.57 Å². The number of para-hydroxylation sites is 4. The van der Waals surface area contributed by atoms with Crippen molar-refractivity contribution in [3.8, 4) is 39.9 Å². The van der Waals surface area contributed by atoms with Crippen LogP contribution in [0, 0.1) is 0 Å². The first-order valence-corrected chi connectivity index (χ1v) is 13.9. The van der Waals surface area contributed by atoms with Gasteiger partial charge < -0.3 is 4.42 Å². The molecule has 3 heterocycles. The van der Waals surface area contributed by atoms with Gasteiger partial charge >= 0.3 is 0 Å². The van der Waals surface area contributed by atoms with Crippen LogP contribution in [0.5, 0.6) is 0 Å². The molecule has 44 heavy (non-hydrogen) atoms. The van der Waals surface area contributed by atoms with Crippen LogP contribution < -0.4 is 0 Å². The van der Waals surface area contributed by atoms with Crippen LogP contribution in [0.25, 0.3) is 83.6 Å². The average molecular weight is 574 g/mol. The Kier molecular flexibility index (Phi) is 3.80. The minimum atomic E-state index is -0.551. The molecule has 206 valence electrons. The Morgan fingerprint density at radius 1 is 0.523 bits per heavy atom. The largest absolute Gasteiger partial charge is 0.455 e. The van der Waals surface area contributed by atoms with Crippen LogP contribution in [0.2, 0.25) is 0 Å². The number of benzene rings is 6. The third kappa shape index (κ3) is 3.76. The van der Waals surface area contributed by atoms with E-state index >= 15 is 0 Å². The van der Waals surface area contributed by atoms with E-state index in [2.05, 4.69) is 0 Å². The molecule has 0 radical (unpaired) electrons. The summed E-state index contributed by atoms with van der Waals surface area (Å²) in [5.41, 5.74) is 2.76. The van der Waals surface area contributed by atoms with Gasteiger partial charge in [0.05, 0.1) is 28.9 Å². The standard InChI is InChI=1S/C39H24N4O/c1-3-13-25(14-4-1)27-19-11-20-30-28-17-7-9-23-33(28)43(35(27)30)39-41-37(26-15-5-2-6-16-26)40-38(42-39)32-22-12-21-31-29-18-8-10-24-34(29)44-36(31)32/h1-24H/i1D,3D,4D,7D,9D,13D,14D,17D,23D. The summed E-state index contributed by atoms with van der Waals surface area (Å²) in [6, 6.07) is 23.3. The molecular formula is C39H24N4O. The number of fused-ring (bicyclic) bond motifs is 6. The minimum absolute atomic E-state index is 0.0215. The molecule has 0 amide bonds. The highest BCUT2D eigenvalue weighted by atomic mass is 16.3. The molecular weight excluding hydrogens is 540 g/mol. The van der Waals surface area contributed by atoms with Crippen molar-refractivity contribution in [3.05, 3.63) is 145 Å². The third-order valence-corrected chi connectivity index (χ3v) is 7.69. The van der Waals surface area contributed by atoms with E-state index in [0.29, 0.717) is 27.7 Å². The number of nitrogens with zero attached hydrogens (tertiary/aromatic N) is 4. The summed E-state index contributed by atoms with van der Waals surface area (Å²) in [6.45, 7) is 0.